The molecule has 0 aliphatic carbocycles. The average molecular weight is 295 g/mol. The van der Waals surface area contributed by atoms with E-state index in [4.69, 9.17) is 5.11 Å². The summed E-state index contributed by atoms with van der Waals surface area (Å²) in [5.41, 5.74) is 0.912. The molecule has 0 spiro atoms. The van der Waals surface area contributed by atoms with Crippen LogP contribution < -0.4 is 10.2 Å². The summed E-state index contributed by atoms with van der Waals surface area (Å²) in [6.45, 7) is 3.67. The van der Waals surface area contributed by atoms with Gasteiger partial charge in [0.2, 0.25) is 0 Å². The summed E-state index contributed by atoms with van der Waals surface area (Å²) in [4.78, 5) is 26.2. The molecule has 0 radical (unpaired) electrons. The number of carbonyl (C=O) groups excluding carboxylic acids is 1. The van der Waals surface area contributed by atoms with E-state index >= 15 is 0 Å². The molecular formula is C14H18FN3O3. The SMILES string of the molecule is CC(NC(=O)N1CCN(c2ccc(F)cc2)CC1)C(=O)O. The Balaban J connectivity index is 1.86. The van der Waals surface area contributed by atoms with Crippen molar-refractivity contribution in [1.82, 2.24) is 10.2 Å². The maximum atomic E-state index is 12.9. The first-order valence-electron chi connectivity index (χ1n) is 6.76. The van der Waals surface area contributed by atoms with Crippen LogP contribution in [-0.2, 0) is 4.79 Å². The van der Waals surface area contributed by atoms with Crippen LogP contribution in [-0.4, -0.2) is 54.2 Å². The molecule has 0 aromatic heterocycles. The van der Waals surface area contributed by atoms with Gasteiger partial charge in [0.1, 0.15) is 11.9 Å². The number of urea groups is 1. The number of carboxylic acid groups (broad SMARTS) is 1. The minimum absolute atomic E-state index is 0.278. The zero-order valence-electron chi connectivity index (χ0n) is 11.8. The Bertz CT molecular complexity index is 513. The van der Waals surface area contributed by atoms with Gasteiger partial charge in [-0.3, -0.25) is 4.79 Å². The summed E-state index contributed by atoms with van der Waals surface area (Å²) in [5.74, 6) is -1.34. The molecular weight excluding hydrogens is 277 g/mol. The summed E-state index contributed by atoms with van der Waals surface area (Å²) >= 11 is 0. The molecule has 0 bridgehead atoms. The fourth-order valence-corrected chi connectivity index (χ4v) is 2.16. The number of anilines is 1. The average Bonchev–Trinajstić information content (AvgIpc) is 2.48. The number of aliphatic carboxylic acids is 1. The molecule has 2 N–H and O–H groups in total. The maximum absolute atomic E-state index is 12.9. The van der Waals surface area contributed by atoms with Crippen molar-refractivity contribution in [3.05, 3.63) is 30.1 Å². The first kappa shape index (κ1) is 15.1. The van der Waals surface area contributed by atoms with E-state index < -0.39 is 12.0 Å². The van der Waals surface area contributed by atoms with Gasteiger partial charge in [-0.15, -0.1) is 0 Å². The quantitative estimate of drug-likeness (QED) is 0.877. The predicted octanol–water partition coefficient (Wildman–Crippen LogP) is 1.13. The molecule has 21 heavy (non-hydrogen) atoms. The highest BCUT2D eigenvalue weighted by Crippen LogP contribution is 2.16. The van der Waals surface area contributed by atoms with Gasteiger partial charge in [0.25, 0.3) is 0 Å². The lowest BCUT2D eigenvalue weighted by molar-refractivity contribution is -0.138. The minimum Gasteiger partial charge on any atom is -0.480 e. The van der Waals surface area contributed by atoms with Crippen molar-refractivity contribution in [1.29, 1.82) is 0 Å². The van der Waals surface area contributed by atoms with E-state index in [1.54, 1.807) is 17.0 Å². The Morgan fingerprint density at radius 3 is 2.29 bits per heavy atom. The van der Waals surface area contributed by atoms with Crippen LogP contribution in [0, 0.1) is 5.82 Å². The molecule has 6 nitrogen and oxygen atoms in total. The largest absolute Gasteiger partial charge is 0.480 e. The Morgan fingerprint density at radius 2 is 1.76 bits per heavy atom. The molecule has 1 aromatic rings. The van der Waals surface area contributed by atoms with Crippen LogP contribution in [0.1, 0.15) is 6.92 Å². The molecule has 1 atom stereocenters. The van der Waals surface area contributed by atoms with Gasteiger partial charge in [-0.05, 0) is 31.2 Å². The Labute approximate surface area is 122 Å². The van der Waals surface area contributed by atoms with Crippen molar-refractivity contribution in [2.75, 3.05) is 31.1 Å². The zero-order chi connectivity index (χ0) is 15.4. The summed E-state index contributed by atoms with van der Waals surface area (Å²) in [5, 5.41) is 11.2. The van der Waals surface area contributed by atoms with E-state index in [1.165, 1.54) is 19.1 Å². The summed E-state index contributed by atoms with van der Waals surface area (Å²) in [6, 6.07) is 4.94. The van der Waals surface area contributed by atoms with Crippen molar-refractivity contribution in [3.8, 4) is 0 Å². The Morgan fingerprint density at radius 1 is 1.19 bits per heavy atom. The fraction of sp³-hybridized carbons (Fsp3) is 0.429. The zero-order valence-corrected chi connectivity index (χ0v) is 11.8. The van der Waals surface area contributed by atoms with E-state index in [1.807, 2.05) is 0 Å². The van der Waals surface area contributed by atoms with E-state index in [0.29, 0.717) is 26.2 Å². The van der Waals surface area contributed by atoms with E-state index in [0.717, 1.165) is 5.69 Å². The molecule has 1 aromatic carbocycles. The fourth-order valence-electron chi connectivity index (χ4n) is 2.16. The highest BCUT2D eigenvalue weighted by Gasteiger charge is 2.23. The van der Waals surface area contributed by atoms with Crippen LogP contribution in [0.15, 0.2) is 24.3 Å². The van der Waals surface area contributed by atoms with Gasteiger partial charge >= 0.3 is 12.0 Å². The van der Waals surface area contributed by atoms with E-state index in [9.17, 15) is 14.0 Å². The molecule has 2 amide bonds. The third-order valence-electron chi connectivity index (χ3n) is 3.47. The third-order valence-corrected chi connectivity index (χ3v) is 3.47. The van der Waals surface area contributed by atoms with Gasteiger partial charge in [-0.25, -0.2) is 9.18 Å². The van der Waals surface area contributed by atoms with Gasteiger partial charge in [-0.1, -0.05) is 0 Å². The Hall–Kier alpha value is -2.31. The van der Waals surface area contributed by atoms with Gasteiger partial charge in [0.15, 0.2) is 0 Å². The number of benzene rings is 1. The number of rotatable bonds is 3. The smallest absolute Gasteiger partial charge is 0.325 e. The standard InChI is InChI=1S/C14H18FN3O3/c1-10(13(19)20)16-14(21)18-8-6-17(7-9-18)12-4-2-11(15)3-5-12/h2-5,10H,6-9H2,1H3,(H,16,21)(H,19,20). The van der Waals surface area contributed by atoms with Crippen LogP contribution in [0.25, 0.3) is 0 Å². The number of hydrogen-bond donors (Lipinski definition) is 2. The first-order valence-corrected chi connectivity index (χ1v) is 6.76. The van der Waals surface area contributed by atoms with Crippen LogP contribution >= 0.6 is 0 Å². The minimum atomic E-state index is -1.06. The second-order valence-electron chi connectivity index (χ2n) is 4.96. The van der Waals surface area contributed by atoms with E-state index in [2.05, 4.69) is 10.2 Å². The number of halogens is 1. The highest BCUT2D eigenvalue weighted by atomic mass is 19.1. The number of amides is 2. The molecule has 7 heteroatoms. The van der Waals surface area contributed by atoms with Crippen molar-refractivity contribution in [2.45, 2.75) is 13.0 Å². The second kappa shape index (κ2) is 6.43. The third kappa shape index (κ3) is 3.84. The number of piperazine rings is 1. The lowest BCUT2D eigenvalue weighted by Crippen LogP contribution is -2.54. The molecule has 2 rings (SSSR count). The molecule has 1 heterocycles. The van der Waals surface area contributed by atoms with Crippen LogP contribution in [0.2, 0.25) is 0 Å². The molecule has 1 aliphatic rings. The molecule has 1 saturated heterocycles. The first-order chi connectivity index (χ1) is 9.97. The van der Waals surface area contributed by atoms with Gasteiger partial charge in [0.05, 0.1) is 0 Å². The lowest BCUT2D eigenvalue weighted by Gasteiger charge is -2.36. The van der Waals surface area contributed by atoms with Crippen molar-refractivity contribution >= 4 is 17.7 Å². The molecule has 114 valence electrons. The van der Waals surface area contributed by atoms with Gasteiger partial charge < -0.3 is 20.2 Å². The summed E-state index contributed by atoms with van der Waals surface area (Å²) < 4.78 is 12.9. The van der Waals surface area contributed by atoms with Crippen LogP contribution in [0.4, 0.5) is 14.9 Å². The molecule has 0 saturated carbocycles. The molecule has 1 aliphatic heterocycles. The molecule has 1 unspecified atom stereocenters. The van der Waals surface area contributed by atoms with Crippen molar-refractivity contribution in [2.24, 2.45) is 0 Å². The lowest BCUT2D eigenvalue weighted by atomic mass is 10.2. The van der Waals surface area contributed by atoms with Crippen molar-refractivity contribution < 1.29 is 19.1 Å². The van der Waals surface area contributed by atoms with Crippen LogP contribution in [0.5, 0.6) is 0 Å². The number of carboxylic acids is 1. The maximum Gasteiger partial charge on any atom is 0.325 e. The Kier molecular flexibility index (Phi) is 4.62. The summed E-state index contributed by atoms with van der Waals surface area (Å²) in [6.07, 6.45) is 0. The normalized spacial score (nSPS) is 16.5. The number of carbonyl (C=O) groups is 2. The monoisotopic (exact) mass is 295 g/mol. The van der Waals surface area contributed by atoms with E-state index in [-0.39, 0.29) is 11.8 Å². The second-order valence-corrected chi connectivity index (χ2v) is 4.96. The summed E-state index contributed by atoms with van der Waals surface area (Å²) in [7, 11) is 0. The van der Waals surface area contributed by atoms with Crippen LogP contribution in [0.3, 0.4) is 0 Å². The predicted molar refractivity (Wildman–Crippen MR) is 75.8 cm³/mol. The number of hydrogen-bond acceptors (Lipinski definition) is 3. The highest BCUT2D eigenvalue weighted by molar-refractivity contribution is 5.82. The number of nitrogens with one attached hydrogen (secondary N) is 1. The molecule has 1 fully saturated rings. The van der Waals surface area contributed by atoms with Gasteiger partial charge in [-0.2, -0.15) is 0 Å². The van der Waals surface area contributed by atoms with Crippen molar-refractivity contribution in [3.63, 3.8) is 0 Å². The topological polar surface area (TPSA) is 72.9 Å². The van der Waals surface area contributed by atoms with Gasteiger partial charge in [0, 0.05) is 31.9 Å². The number of nitrogens with zero attached hydrogens (tertiary/aromatic N) is 2.